The maximum atomic E-state index is 6.89. The van der Waals surface area contributed by atoms with E-state index in [-0.39, 0.29) is 0 Å². The van der Waals surface area contributed by atoms with Crippen LogP contribution in [0.3, 0.4) is 0 Å². The lowest BCUT2D eigenvalue weighted by atomic mass is 9.54. The predicted molar refractivity (Wildman–Crippen MR) is 108 cm³/mol. The molecular formula is C23H44N2. The quantitative estimate of drug-likeness (QED) is 0.705. The molecule has 7 atom stereocenters. The smallest absolute Gasteiger partial charge is 0.00726 e. The van der Waals surface area contributed by atoms with Crippen molar-refractivity contribution < 1.29 is 0 Å². The van der Waals surface area contributed by atoms with E-state index in [0.717, 1.165) is 30.2 Å². The zero-order valence-corrected chi connectivity index (χ0v) is 17.2. The van der Waals surface area contributed by atoms with Crippen molar-refractivity contribution in [2.75, 3.05) is 6.54 Å². The highest BCUT2D eigenvalue weighted by Gasteiger charge is 2.52. The first-order valence-corrected chi connectivity index (χ1v) is 11.4. The fourth-order valence-electron chi connectivity index (χ4n) is 7.58. The molecule has 0 saturated heterocycles. The summed E-state index contributed by atoms with van der Waals surface area (Å²) in [5.74, 6) is 3.42. The monoisotopic (exact) mass is 348 g/mol. The molecular weight excluding hydrogens is 304 g/mol. The Hall–Kier alpha value is -0.0800. The Balaban J connectivity index is 1.99. The van der Waals surface area contributed by atoms with Gasteiger partial charge in [0.2, 0.25) is 0 Å². The molecule has 4 rings (SSSR count). The van der Waals surface area contributed by atoms with Gasteiger partial charge in [0.15, 0.2) is 0 Å². The lowest BCUT2D eigenvalue weighted by molar-refractivity contribution is -0.00887. The van der Waals surface area contributed by atoms with Crippen LogP contribution in [0.1, 0.15) is 97.8 Å². The molecule has 4 saturated carbocycles. The van der Waals surface area contributed by atoms with Crippen LogP contribution in [-0.2, 0) is 0 Å². The van der Waals surface area contributed by atoms with Gasteiger partial charge >= 0.3 is 0 Å². The van der Waals surface area contributed by atoms with Gasteiger partial charge in [0.05, 0.1) is 0 Å². The van der Waals surface area contributed by atoms with Crippen molar-refractivity contribution in [2.24, 2.45) is 46.0 Å². The maximum absolute atomic E-state index is 6.89. The zero-order chi connectivity index (χ0) is 18.1. The number of nitrogens with two attached hydrogens (primary N) is 2. The van der Waals surface area contributed by atoms with Crippen molar-refractivity contribution in [1.82, 2.24) is 0 Å². The van der Waals surface area contributed by atoms with Gasteiger partial charge in [-0.3, -0.25) is 0 Å². The van der Waals surface area contributed by atoms with E-state index in [1.165, 1.54) is 77.0 Å². The molecule has 4 aliphatic rings. The van der Waals surface area contributed by atoms with E-state index >= 15 is 0 Å². The molecule has 2 bridgehead atoms. The van der Waals surface area contributed by atoms with E-state index < -0.39 is 0 Å². The van der Waals surface area contributed by atoms with E-state index in [1.807, 2.05) is 0 Å². The molecule has 2 nitrogen and oxygen atoms in total. The third-order valence-electron chi connectivity index (χ3n) is 9.13. The minimum Gasteiger partial charge on any atom is -0.330 e. The summed E-state index contributed by atoms with van der Waals surface area (Å²) in [5.41, 5.74) is 13.8. The largest absolute Gasteiger partial charge is 0.330 e. The van der Waals surface area contributed by atoms with Crippen LogP contribution in [0.4, 0.5) is 0 Å². The highest BCUT2D eigenvalue weighted by atomic mass is 14.7. The molecule has 0 aromatic carbocycles. The van der Waals surface area contributed by atoms with Crippen molar-refractivity contribution >= 4 is 0 Å². The summed E-state index contributed by atoms with van der Waals surface area (Å²) in [4.78, 5) is 0. The van der Waals surface area contributed by atoms with Gasteiger partial charge < -0.3 is 11.5 Å². The van der Waals surface area contributed by atoms with E-state index in [4.69, 9.17) is 11.5 Å². The molecule has 0 spiro atoms. The highest BCUT2D eigenvalue weighted by molar-refractivity contribution is 5.03. The Bertz CT molecular complexity index is 436. The molecule has 25 heavy (non-hydrogen) atoms. The molecule has 146 valence electrons. The Morgan fingerprint density at radius 3 is 2.48 bits per heavy atom. The maximum Gasteiger partial charge on any atom is 0.00726 e. The van der Waals surface area contributed by atoms with Gasteiger partial charge in [-0.2, -0.15) is 0 Å². The fraction of sp³-hybridized carbons (Fsp3) is 1.00. The summed E-state index contributed by atoms with van der Waals surface area (Å²) in [7, 11) is 0. The van der Waals surface area contributed by atoms with Crippen molar-refractivity contribution in [1.29, 1.82) is 0 Å². The van der Waals surface area contributed by atoms with Gasteiger partial charge in [0.1, 0.15) is 0 Å². The minimum atomic E-state index is 0.427. The van der Waals surface area contributed by atoms with Crippen LogP contribution in [0.25, 0.3) is 0 Å². The van der Waals surface area contributed by atoms with Crippen molar-refractivity contribution in [2.45, 2.75) is 104 Å². The zero-order valence-electron chi connectivity index (χ0n) is 17.2. The first-order valence-electron chi connectivity index (χ1n) is 11.4. The van der Waals surface area contributed by atoms with Gasteiger partial charge in [-0.1, -0.05) is 40.0 Å². The molecule has 6 unspecified atom stereocenters. The number of hydrogen-bond acceptors (Lipinski definition) is 2. The topological polar surface area (TPSA) is 52.0 Å². The third kappa shape index (κ3) is 3.68. The lowest BCUT2D eigenvalue weighted by Crippen LogP contribution is -2.48. The molecule has 4 fully saturated rings. The van der Waals surface area contributed by atoms with Crippen LogP contribution in [0.5, 0.6) is 0 Å². The summed E-state index contributed by atoms with van der Waals surface area (Å²) in [6.07, 6.45) is 16.5. The standard InChI is InChI=1S/C23H44N2/c1-4-17-16-22(2)14-12-21(25)20(11-10-18(22)8-7-15-24)23(3)13-6-5-9-19(17)23/h17-21H,4-16,24-25H2,1-3H3/t17-,18?,19?,20?,21?,22?,23?/m0/s1. The lowest BCUT2D eigenvalue weighted by Gasteiger charge is -2.51. The Morgan fingerprint density at radius 1 is 0.960 bits per heavy atom. The van der Waals surface area contributed by atoms with E-state index in [2.05, 4.69) is 20.8 Å². The number of rotatable bonds is 4. The van der Waals surface area contributed by atoms with Gasteiger partial charge in [-0.25, -0.2) is 0 Å². The number of fused-ring (bicyclic) bond motifs is 5. The van der Waals surface area contributed by atoms with Gasteiger partial charge in [-0.15, -0.1) is 0 Å². The molecule has 0 aliphatic heterocycles. The molecule has 0 aromatic heterocycles. The van der Waals surface area contributed by atoms with E-state index in [1.54, 1.807) is 0 Å². The molecule has 4 N–H and O–H groups in total. The predicted octanol–water partition coefficient (Wildman–Crippen LogP) is 5.49. The second-order valence-corrected chi connectivity index (χ2v) is 10.4. The Morgan fingerprint density at radius 2 is 1.76 bits per heavy atom. The van der Waals surface area contributed by atoms with Crippen LogP contribution in [-0.4, -0.2) is 12.6 Å². The second kappa shape index (κ2) is 7.89. The second-order valence-electron chi connectivity index (χ2n) is 10.4. The Kier molecular flexibility index (Phi) is 6.21. The summed E-state index contributed by atoms with van der Waals surface area (Å²) < 4.78 is 0. The molecule has 0 radical (unpaired) electrons. The van der Waals surface area contributed by atoms with Gasteiger partial charge in [0.25, 0.3) is 0 Å². The third-order valence-corrected chi connectivity index (χ3v) is 9.13. The average Bonchev–Trinajstić information content (AvgIpc) is 2.65. The average molecular weight is 349 g/mol. The van der Waals surface area contributed by atoms with Crippen LogP contribution in [0.15, 0.2) is 0 Å². The number of hydrogen-bond donors (Lipinski definition) is 2. The SMILES string of the molecule is CC[C@H]1CC2(C)CCC(N)C(CCC2CCCN)C2(C)CCCCC12. The van der Waals surface area contributed by atoms with Crippen LogP contribution >= 0.6 is 0 Å². The van der Waals surface area contributed by atoms with Crippen molar-refractivity contribution in [3.05, 3.63) is 0 Å². The van der Waals surface area contributed by atoms with Crippen LogP contribution in [0, 0.1) is 34.5 Å². The van der Waals surface area contributed by atoms with Crippen molar-refractivity contribution in [3.8, 4) is 0 Å². The molecule has 2 heteroatoms. The van der Waals surface area contributed by atoms with Crippen LogP contribution < -0.4 is 11.5 Å². The summed E-state index contributed by atoms with van der Waals surface area (Å²) >= 11 is 0. The van der Waals surface area contributed by atoms with Crippen LogP contribution in [0.2, 0.25) is 0 Å². The van der Waals surface area contributed by atoms with Crippen molar-refractivity contribution in [3.63, 3.8) is 0 Å². The molecule has 0 aromatic rings. The highest BCUT2D eigenvalue weighted by Crippen LogP contribution is 2.59. The first-order chi connectivity index (χ1) is 11.9. The molecule has 0 amide bonds. The molecule has 4 aliphatic carbocycles. The summed E-state index contributed by atoms with van der Waals surface area (Å²) in [5, 5.41) is 0. The molecule has 0 heterocycles. The minimum absolute atomic E-state index is 0.427. The normalized spacial score (nSPS) is 48.1. The van der Waals surface area contributed by atoms with E-state index in [0.29, 0.717) is 16.9 Å². The summed E-state index contributed by atoms with van der Waals surface area (Å²) in [6.45, 7) is 8.58. The fourth-order valence-corrected chi connectivity index (χ4v) is 7.58. The Labute approximate surface area is 156 Å². The first kappa shape index (κ1) is 19.7. The van der Waals surface area contributed by atoms with Gasteiger partial charge in [0, 0.05) is 6.04 Å². The summed E-state index contributed by atoms with van der Waals surface area (Å²) in [6, 6.07) is 0.427. The van der Waals surface area contributed by atoms with E-state index in [9.17, 15) is 0 Å². The van der Waals surface area contributed by atoms with Gasteiger partial charge in [-0.05, 0) is 98.8 Å².